The number of benzene rings is 1. The minimum absolute atomic E-state index is 0.0566. The van der Waals surface area contributed by atoms with E-state index in [0.717, 1.165) is 42.5 Å². The molecule has 5 rings (SSSR count). The van der Waals surface area contributed by atoms with Crippen LogP contribution in [0.15, 0.2) is 41.4 Å². The Morgan fingerprint density at radius 1 is 1.17 bits per heavy atom. The normalized spacial score (nSPS) is 15.7. The number of aryl methyl sites for hydroxylation is 2. The van der Waals surface area contributed by atoms with Gasteiger partial charge in [-0.3, -0.25) is 9.48 Å². The van der Waals surface area contributed by atoms with Crippen LogP contribution in [-0.4, -0.2) is 40.8 Å². The number of aromatic nitrogens is 7. The van der Waals surface area contributed by atoms with E-state index >= 15 is 0 Å². The molecule has 3 aromatic heterocycles. The average Bonchev–Trinajstić information content (AvgIpc) is 3.46. The van der Waals surface area contributed by atoms with Gasteiger partial charge in [0.25, 0.3) is 11.7 Å². The van der Waals surface area contributed by atoms with Crippen LogP contribution in [0.1, 0.15) is 73.7 Å². The minimum Gasteiger partial charge on any atom is -0.342 e. The molecular weight excluding hydrogens is 458 g/mol. The van der Waals surface area contributed by atoms with Crippen molar-refractivity contribution in [1.82, 2.24) is 40.2 Å². The number of carbonyl (C=O) groups is 1. The molecule has 0 bridgehead atoms. The summed E-state index contributed by atoms with van der Waals surface area (Å²) in [6, 6.07) is 6.00. The number of carbonyl (C=O) groups excluding carboxylic acids is 1. The molecule has 1 aliphatic rings. The van der Waals surface area contributed by atoms with E-state index < -0.39 is 0 Å². The lowest BCUT2D eigenvalue weighted by molar-refractivity contribution is 0.0921. The smallest absolute Gasteiger partial charge is 0.293 e. The molecule has 0 radical (unpaired) electrons. The fourth-order valence-corrected chi connectivity index (χ4v) is 4.22. The highest BCUT2D eigenvalue weighted by atomic mass is 16.5. The van der Waals surface area contributed by atoms with E-state index in [1.54, 1.807) is 10.9 Å². The largest absolute Gasteiger partial charge is 0.342 e. The Hall–Kier alpha value is -4.15. The molecular formula is C25H29N9O2. The van der Waals surface area contributed by atoms with Crippen LogP contribution in [0.2, 0.25) is 0 Å². The van der Waals surface area contributed by atoms with Crippen molar-refractivity contribution in [1.29, 1.82) is 0 Å². The summed E-state index contributed by atoms with van der Waals surface area (Å²) in [6.45, 7) is 5.89. The van der Waals surface area contributed by atoms with E-state index in [9.17, 15) is 4.79 Å². The summed E-state index contributed by atoms with van der Waals surface area (Å²) in [4.78, 5) is 30.4. The number of hydrogen-bond donors (Lipinski definition) is 2. The summed E-state index contributed by atoms with van der Waals surface area (Å²) in [5, 5.41) is 14.3. The molecule has 1 aromatic carbocycles. The van der Waals surface area contributed by atoms with Crippen molar-refractivity contribution >= 4 is 17.5 Å². The second-order valence-electron chi connectivity index (χ2n) is 10.0. The average molecular weight is 488 g/mol. The zero-order valence-corrected chi connectivity index (χ0v) is 20.8. The maximum absolute atomic E-state index is 12.9. The Bertz CT molecular complexity index is 1390. The first-order valence-electron chi connectivity index (χ1n) is 12.0. The van der Waals surface area contributed by atoms with Gasteiger partial charge >= 0.3 is 0 Å². The highest BCUT2D eigenvalue weighted by Gasteiger charge is 2.27. The summed E-state index contributed by atoms with van der Waals surface area (Å²) in [6.07, 6.45) is 8.83. The van der Waals surface area contributed by atoms with E-state index in [0.29, 0.717) is 17.7 Å². The van der Waals surface area contributed by atoms with Crippen molar-refractivity contribution in [2.24, 2.45) is 7.05 Å². The van der Waals surface area contributed by atoms with E-state index in [1.165, 1.54) is 11.9 Å². The summed E-state index contributed by atoms with van der Waals surface area (Å²) in [5.41, 5.74) is 3.63. The first-order chi connectivity index (χ1) is 17.3. The molecule has 11 heteroatoms. The van der Waals surface area contributed by atoms with Crippen LogP contribution in [0, 0.1) is 0 Å². The van der Waals surface area contributed by atoms with E-state index in [4.69, 9.17) is 4.52 Å². The molecule has 1 aliphatic carbocycles. The second kappa shape index (κ2) is 9.48. The summed E-state index contributed by atoms with van der Waals surface area (Å²) >= 11 is 0. The molecule has 1 atom stereocenters. The number of rotatable bonds is 5. The third-order valence-corrected chi connectivity index (χ3v) is 6.07. The zero-order valence-electron chi connectivity index (χ0n) is 20.8. The van der Waals surface area contributed by atoms with Gasteiger partial charge in [-0.05, 0) is 36.5 Å². The third kappa shape index (κ3) is 5.09. The maximum atomic E-state index is 12.9. The minimum atomic E-state index is -0.334. The van der Waals surface area contributed by atoms with Crippen molar-refractivity contribution in [2.45, 2.75) is 57.9 Å². The van der Waals surface area contributed by atoms with Crippen LogP contribution in [0.4, 0.5) is 11.6 Å². The van der Waals surface area contributed by atoms with Crippen molar-refractivity contribution in [3.63, 3.8) is 0 Å². The summed E-state index contributed by atoms with van der Waals surface area (Å²) in [5.74, 6) is 1.18. The molecule has 4 aromatic rings. The predicted molar refractivity (Wildman–Crippen MR) is 133 cm³/mol. The molecule has 0 unspecified atom stereocenters. The molecule has 0 fully saturated rings. The third-order valence-electron chi connectivity index (χ3n) is 6.07. The molecule has 0 spiro atoms. The monoisotopic (exact) mass is 487 g/mol. The Balaban J connectivity index is 1.36. The van der Waals surface area contributed by atoms with Crippen molar-refractivity contribution in [3.8, 4) is 11.4 Å². The van der Waals surface area contributed by atoms with Crippen molar-refractivity contribution in [3.05, 3.63) is 59.8 Å². The van der Waals surface area contributed by atoms with Gasteiger partial charge in [-0.25, -0.2) is 9.97 Å². The molecule has 0 saturated heterocycles. The lowest BCUT2D eigenvalue weighted by Crippen LogP contribution is -2.29. The highest BCUT2D eigenvalue weighted by molar-refractivity contribution is 5.90. The standard InChI is InChI=1S/C25H29N9O2/c1-25(2,3)23-31-21(33-36-23)22(35)30-19-8-6-5-7-15-11-16(9-10-18(15)19)20-26-14-27-24(32-20)29-17-12-28-34(4)13-17/h9-14,19H,5-8H2,1-4H3,(H,30,35)(H,26,27,29,32)/t19-/m0/s1. The number of anilines is 2. The summed E-state index contributed by atoms with van der Waals surface area (Å²) in [7, 11) is 1.85. The van der Waals surface area contributed by atoms with Gasteiger partial charge in [0.05, 0.1) is 17.9 Å². The van der Waals surface area contributed by atoms with Crippen LogP contribution in [-0.2, 0) is 18.9 Å². The molecule has 0 aliphatic heterocycles. The lowest BCUT2D eigenvalue weighted by atomic mass is 9.96. The highest BCUT2D eigenvalue weighted by Crippen LogP contribution is 2.32. The van der Waals surface area contributed by atoms with Crippen molar-refractivity contribution < 1.29 is 9.32 Å². The van der Waals surface area contributed by atoms with Crippen molar-refractivity contribution in [2.75, 3.05) is 5.32 Å². The van der Waals surface area contributed by atoms with Gasteiger partial charge in [-0.15, -0.1) is 0 Å². The molecule has 11 nitrogen and oxygen atoms in total. The predicted octanol–water partition coefficient (Wildman–Crippen LogP) is 3.89. The molecule has 2 N–H and O–H groups in total. The van der Waals surface area contributed by atoms with Crippen LogP contribution in [0.25, 0.3) is 11.4 Å². The number of nitrogens with zero attached hydrogens (tertiary/aromatic N) is 7. The maximum Gasteiger partial charge on any atom is 0.293 e. The number of hydrogen-bond acceptors (Lipinski definition) is 9. The Kier molecular flexibility index (Phi) is 6.21. The fourth-order valence-electron chi connectivity index (χ4n) is 4.22. The SMILES string of the molecule is Cn1cc(Nc2ncnc(-c3ccc4c(c3)CCCC[C@@H]4NC(=O)c3noc(C(C)(C)C)n3)n2)cn1. The summed E-state index contributed by atoms with van der Waals surface area (Å²) < 4.78 is 7.00. The van der Waals surface area contributed by atoms with Gasteiger partial charge < -0.3 is 15.2 Å². The van der Waals surface area contributed by atoms with Gasteiger partial charge in [0.1, 0.15) is 6.33 Å². The molecule has 186 valence electrons. The Morgan fingerprint density at radius 3 is 2.78 bits per heavy atom. The van der Waals surface area contributed by atoms with Crippen LogP contribution in [0.3, 0.4) is 0 Å². The van der Waals surface area contributed by atoms with Gasteiger partial charge in [-0.2, -0.15) is 15.1 Å². The first kappa shape index (κ1) is 23.6. The van der Waals surface area contributed by atoms with E-state index in [2.05, 4.69) is 53.0 Å². The second-order valence-corrected chi connectivity index (χ2v) is 10.0. The number of amides is 1. The number of fused-ring (bicyclic) bond motifs is 1. The lowest BCUT2D eigenvalue weighted by Gasteiger charge is -2.19. The van der Waals surface area contributed by atoms with E-state index in [1.807, 2.05) is 40.1 Å². The van der Waals surface area contributed by atoms with Gasteiger partial charge in [-0.1, -0.05) is 44.5 Å². The van der Waals surface area contributed by atoms with Crippen LogP contribution in [0.5, 0.6) is 0 Å². The fraction of sp³-hybridized carbons (Fsp3) is 0.400. The van der Waals surface area contributed by atoms with Gasteiger partial charge in [0.15, 0.2) is 5.82 Å². The van der Waals surface area contributed by atoms with Crippen LogP contribution >= 0.6 is 0 Å². The van der Waals surface area contributed by atoms with E-state index in [-0.39, 0.29) is 23.2 Å². The molecule has 3 heterocycles. The first-order valence-corrected chi connectivity index (χ1v) is 12.0. The Labute approximate surface area is 208 Å². The topological polar surface area (TPSA) is 137 Å². The quantitative estimate of drug-likeness (QED) is 0.402. The van der Waals surface area contributed by atoms with Crippen LogP contribution < -0.4 is 10.6 Å². The molecule has 36 heavy (non-hydrogen) atoms. The van der Waals surface area contributed by atoms with Gasteiger partial charge in [0.2, 0.25) is 11.8 Å². The van der Waals surface area contributed by atoms with Gasteiger partial charge in [0, 0.05) is 24.2 Å². The Morgan fingerprint density at radius 2 is 2.03 bits per heavy atom. The molecule has 1 amide bonds. The number of nitrogens with one attached hydrogen (secondary N) is 2. The molecule has 0 saturated carbocycles. The zero-order chi connectivity index (χ0) is 25.3.